The average molecular weight is 366 g/mol. The lowest BCUT2D eigenvalue weighted by Gasteiger charge is -2.10. The third kappa shape index (κ3) is 3.05. The van der Waals surface area contributed by atoms with Gasteiger partial charge in [-0.05, 0) is 27.7 Å². The smallest absolute Gasteiger partial charge is 0.231 e. The van der Waals surface area contributed by atoms with E-state index in [4.69, 9.17) is 0 Å². The predicted octanol–water partition coefficient (Wildman–Crippen LogP) is 3.57. The van der Waals surface area contributed by atoms with Gasteiger partial charge in [0.25, 0.3) is 0 Å². The predicted molar refractivity (Wildman–Crippen MR) is 102 cm³/mol. The average Bonchev–Trinajstić information content (AvgIpc) is 3.19. The number of fused-ring (bicyclic) bond motifs is 1. The van der Waals surface area contributed by atoms with Crippen molar-refractivity contribution in [2.45, 2.75) is 33.1 Å². The molecule has 3 N–H and O–H groups in total. The Kier molecular flexibility index (Phi) is 4.49. The van der Waals surface area contributed by atoms with E-state index in [1.165, 1.54) is 11.3 Å². The molecular formula is C17H18N8S. The molecule has 0 aromatic carbocycles. The maximum Gasteiger partial charge on any atom is 0.231 e. The molecule has 132 valence electrons. The van der Waals surface area contributed by atoms with Crippen LogP contribution in [0, 0.1) is 29.6 Å². The number of nitrogens with zero attached hydrogens (tertiary/aromatic N) is 5. The lowest BCUT2D eigenvalue weighted by molar-refractivity contribution is 0.678. The lowest BCUT2D eigenvalue weighted by Crippen LogP contribution is -2.13. The van der Waals surface area contributed by atoms with Crippen molar-refractivity contribution in [1.82, 2.24) is 19.9 Å². The first-order valence-electron chi connectivity index (χ1n) is 8.09. The van der Waals surface area contributed by atoms with E-state index in [1.807, 2.05) is 27.7 Å². The summed E-state index contributed by atoms with van der Waals surface area (Å²) < 4.78 is 0. The standard InChI is InChI=1S/C17H18N8S/c1-5-20-12-11-10(6-18)7-21-13(11)24-16(23-12)25-14-9(2)22-15(26-14)17(3,4)8-19/h7H,5H2,1-4H3,(H3,20,21,23,24,25). The van der Waals surface area contributed by atoms with Gasteiger partial charge in [0.05, 0.1) is 22.7 Å². The highest BCUT2D eigenvalue weighted by Gasteiger charge is 2.25. The maximum absolute atomic E-state index is 9.31. The lowest BCUT2D eigenvalue weighted by atomic mass is 9.97. The van der Waals surface area contributed by atoms with Gasteiger partial charge in [-0.2, -0.15) is 20.5 Å². The van der Waals surface area contributed by atoms with Gasteiger partial charge >= 0.3 is 0 Å². The Labute approximate surface area is 154 Å². The zero-order valence-corrected chi connectivity index (χ0v) is 15.7. The first kappa shape index (κ1) is 17.6. The van der Waals surface area contributed by atoms with Crippen molar-refractivity contribution in [1.29, 1.82) is 10.5 Å². The van der Waals surface area contributed by atoms with Crippen molar-refractivity contribution in [2.24, 2.45) is 0 Å². The minimum Gasteiger partial charge on any atom is -0.370 e. The van der Waals surface area contributed by atoms with Crippen LogP contribution in [0.25, 0.3) is 11.0 Å². The number of hydrogen-bond acceptors (Lipinski definition) is 8. The number of aromatic amines is 1. The van der Waals surface area contributed by atoms with Gasteiger partial charge in [0, 0.05) is 12.7 Å². The Bertz CT molecular complexity index is 1050. The zero-order valence-electron chi connectivity index (χ0n) is 14.9. The molecule has 0 saturated heterocycles. The van der Waals surface area contributed by atoms with E-state index >= 15 is 0 Å². The number of anilines is 3. The molecular weight excluding hydrogens is 348 g/mol. The number of H-pyrrole nitrogens is 1. The van der Waals surface area contributed by atoms with Crippen molar-refractivity contribution in [3.8, 4) is 12.1 Å². The van der Waals surface area contributed by atoms with Gasteiger partial charge in [-0.15, -0.1) is 0 Å². The highest BCUT2D eigenvalue weighted by Crippen LogP contribution is 2.34. The van der Waals surface area contributed by atoms with E-state index in [-0.39, 0.29) is 0 Å². The summed E-state index contributed by atoms with van der Waals surface area (Å²) in [5, 5.41) is 27.1. The van der Waals surface area contributed by atoms with Crippen LogP contribution in [0.3, 0.4) is 0 Å². The monoisotopic (exact) mass is 366 g/mol. The van der Waals surface area contributed by atoms with Crippen molar-refractivity contribution in [3.63, 3.8) is 0 Å². The summed E-state index contributed by atoms with van der Waals surface area (Å²) >= 11 is 1.41. The van der Waals surface area contributed by atoms with Crippen LogP contribution >= 0.6 is 11.3 Å². The molecule has 8 nitrogen and oxygen atoms in total. The fraction of sp³-hybridized carbons (Fsp3) is 0.353. The molecule has 0 aliphatic carbocycles. The topological polar surface area (TPSA) is 126 Å². The minimum absolute atomic E-state index is 0.396. The molecule has 0 aliphatic heterocycles. The number of nitrogens with one attached hydrogen (secondary N) is 3. The molecule has 0 fully saturated rings. The molecule has 3 heterocycles. The molecule has 0 radical (unpaired) electrons. The van der Waals surface area contributed by atoms with Crippen LogP contribution in [0.15, 0.2) is 6.20 Å². The van der Waals surface area contributed by atoms with Gasteiger partial charge in [-0.3, -0.25) is 0 Å². The second-order valence-electron chi connectivity index (χ2n) is 6.26. The molecule has 3 aromatic rings. The molecule has 3 rings (SSSR count). The van der Waals surface area contributed by atoms with Gasteiger partial charge in [0.2, 0.25) is 5.95 Å². The molecule has 3 aromatic heterocycles. The Hall–Kier alpha value is -3.17. The summed E-state index contributed by atoms with van der Waals surface area (Å²) in [5.41, 5.74) is 1.20. The molecule has 26 heavy (non-hydrogen) atoms. The van der Waals surface area contributed by atoms with Gasteiger partial charge in [-0.25, -0.2) is 4.98 Å². The van der Waals surface area contributed by atoms with Crippen molar-refractivity contribution in [3.05, 3.63) is 22.5 Å². The number of thiazole rings is 1. The normalized spacial score (nSPS) is 11.2. The van der Waals surface area contributed by atoms with Crippen molar-refractivity contribution < 1.29 is 0 Å². The summed E-state index contributed by atoms with van der Waals surface area (Å²) in [7, 11) is 0. The van der Waals surface area contributed by atoms with Gasteiger partial charge < -0.3 is 15.6 Å². The van der Waals surface area contributed by atoms with E-state index in [0.29, 0.717) is 34.9 Å². The van der Waals surface area contributed by atoms with Crippen LogP contribution in [0.5, 0.6) is 0 Å². The molecule has 0 aliphatic rings. The van der Waals surface area contributed by atoms with Crippen LogP contribution in [0.4, 0.5) is 16.8 Å². The van der Waals surface area contributed by atoms with Crippen LogP contribution < -0.4 is 10.6 Å². The van der Waals surface area contributed by atoms with Gasteiger partial charge in [0.15, 0.2) is 0 Å². The Morgan fingerprint density at radius 3 is 2.69 bits per heavy atom. The fourth-order valence-electron chi connectivity index (χ4n) is 2.40. The summed E-state index contributed by atoms with van der Waals surface area (Å²) in [6, 6.07) is 4.41. The third-order valence-electron chi connectivity index (χ3n) is 3.83. The van der Waals surface area contributed by atoms with Crippen LogP contribution in [-0.4, -0.2) is 26.5 Å². The Morgan fingerprint density at radius 2 is 2.04 bits per heavy atom. The summed E-state index contributed by atoms with van der Waals surface area (Å²) in [4.78, 5) is 16.5. The zero-order chi connectivity index (χ0) is 18.9. The minimum atomic E-state index is -0.657. The molecule has 0 amide bonds. The number of nitriles is 2. The first-order valence-corrected chi connectivity index (χ1v) is 8.90. The van der Waals surface area contributed by atoms with E-state index in [0.717, 1.165) is 15.7 Å². The number of rotatable bonds is 5. The molecule has 0 bridgehead atoms. The van der Waals surface area contributed by atoms with Crippen LogP contribution in [-0.2, 0) is 5.41 Å². The second kappa shape index (κ2) is 6.62. The third-order valence-corrected chi connectivity index (χ3v) is 5.23. The van der Waals surface area contributed by atoms with E-state index < -0.39 is 5.41 Å². The molecule has 0 atom stereocenters. The number of hydrogen-bond donors (Lipinski definition) is 3. The summed E-state index contributed by atoms with van der Waals surface area (Å²) in [6.45, 7) is 8.18. The van der Waals surface area contributed by atoms with Crippen LogP contribution in [0.2, 0.25) is 0 Å². The molecule has 0 unspecified atom stereocenters. The Balaban J connectivity index is 2.03. The van der Waals surface area contributed by atoms with Crippen LogP contribution in [0.1, 0.15) is 37.0 Å². The number of aryl methyl sites for hydroxylation is 1. The summed E-state index contributed by atoms with van der Waals surface area (Å²) in [6.07, 6.45) is 1.62. The highest BCUT2D eigenvalue weighted by molar-refractivity contribution is 7.16. The Morgan fingerprint density at radius 1 is 1.27 bits per heavy atom. The van der Waals surface area contributed by atoms with Crippen molar-refractivity contribution >= 4 is 39.1 Å². The molecule has 0 saturated carbocycles. The van der Waals surface area contributed by atoms with E-state index in [1.54, 1.807) is 6.20 Å². The van der Waals surface area contributed by atoms with Gasteiger partial charge in [-0.1, -0.05) is 11.3 Å². The first-order chi connectivity index (χ1) is 12.4. The fourth-order valence-corrected chi connectivity index (χ4v) is 3.41. The SMILES string of the molecule is CCNc1nc(Nc2sc(C(C)(C)C#N)nc2C)nc2[nH]cc(C#N)c12. The van der Waals surface area contributed by atoms with Crippen molar-refractivity contribution in [2.75, 3.05) is 17.2 Å². The molecule has 0 spiro atoms. The second-order valence-corrected chi connectivity index (χ2v) is 7.26. The summed E-state index contributed by atoms with van der Waals surface area (Å²) in [5.74, 6) is 0.991. The van der Waals surface area contributed by atoms with E-state index in [2.05, 4.69) is 42.7 Å². The molecule has 9 heteroatoms. The van der Waals surface area contributed by atoms with Gasteiger partial charge in [0.1, 0.15) is 33.0 Å². The maximum atomic E-state index is 9.31. The largest absolute Gasteiger partial charge is 0.370 e. The number of aromatic nitrogens is 4. The highest BCUT2D eigenvalue weighted by atomic mass is 32.1. The quantitative estimate of drug-likeness (QED) is 0.630. The van der Waals surface area contributed by atoms with E-state index in [9.17, 15) is 10.5 Å².